The molecule has 9 heteroatoms. The maximum Gasteiger partial charge on any atom is 0.252 e. The summed E-state index contributed by atoms with van der Waals surface area (Å²) < 4.78 is 0. The second kappa shape index (κ2) is 10.6. The van der Waals surface area contributed by atoms with Gasteiger partial charge in [-0.25, -0.2) is 0 Å². The first-order valence-electron chi connectivity index (χ1n) is 7.03. The van der Waals surface area contributed by atoms with Gasteiger partial charge in [0.2, 0.25) is 5.91 Å². The fourth-order valence-corrected chi connectivity index (χ4v) is 1.91. The predicted octanol–water partition coefficient (Wildman–Crippen LogP) is 1.79. The standard InChI is InChI=1S/C15H19N5O2.2ClH/c1-2-11(16)14(21)19-13(10-6-4-3-5-7-10)15(22)18-12-8-9-17-20-12;;/h3-9,11,13H,2,16H2,1H3,(H,19,21)(H2,17,18,20,22);2*1H/t11-,13?;;/m0../s1. The van der Waals surface area contributed by atoms with Crippen LogP contribution >= 0.6 is 24.8 Å². The molecule has 0 fully saturated rings. The molecule has 1 unspecified atom stereocenters. The summed E-state index contributed by atoms with van der Waals surface area (Å²) >= 11 is 0. The third-order valence-electron chi connectivity index (χ3n) is 3.22. The first-order chi connectivity index (χ1) is 10.6. The van der Waals surface area contributed by atoms with Gasteiger partial charge in [0.1, 0.15) is 11.9 Å². The Morgan fingerprint density at radius 1 is 1.17 bits per heavy atom. The van der Waals surface area contributed by atoms with E-state index in [1.54, 1.807) is 30.3 Å². The first-order valence-corrected chi connectivity index (χ1v) is 7.03. The van der Waals surface area contributed by atoms with Gasteiger partial charge in [0, 0.05) is 6.07 Å². The van der Waals surface area contributed by atoms with Crippen LogP contribution in [0.5, 0.6) is 0 Å². The fourth-order valence-electron chi connectivity index (χ4n) is 1.91. The molecule has 2 rings (SSSR count). The van der Waals surface area contributed by atoms with Gasteiger partial charge < -0.3 is 16.4 Å². The van der Waals surface area contributed by atoms with Crippen LogP contribution in [0.1, 0.15) is 24.9 Å². The molecule has 1 heterocycles. The van der Waals surface area contributed by atoms with Crippen molar-refractivity contribution in [2.75, 3.05) is 5.32 Å². The van der Waals surface area contributed by atoms with Crippen molar-refractivity contribution in [1.82, 2.24) is 15.5 Å². The van der Waals surface area contributed by atoms with Crippen LogP contribution in [0.2, 0.25) is 0 Å². The average molecular weight is 374 g/mol. The van der Waals surface area contributed by atoms with Crippen LogP contribution in [0.25, 0.3) is 0 Å². The maximum atomic E-state index is 12.4. The van der Waals surface area contributed by atoms with Gasteiger partial charge in [-0.3, -0.25) is 14.7 Å². The largest absolute Gasteiger partial charge is 0.339 e. The van der Waals surface area contributed by atoms with E-state index >= 15 is 0 Å². The lowest BCUT2D eigenvalue weighted by Crippen LogP contribution is -2.45. The number of benzene rings is 1. The summed E-state index contributed by atoms with van der Waals surface area (Å²) in [6.45, 7) is 1.81. The molecule has 0 aliphatic rings. The molecular weight excluding hydrogens is 353 g/mol. The highest BCUT2D eigenvalue weighted by molar-refractivity contribution is 5.97. The van der Waals surface area contributed by atoms with E-state index in [0.717, 1.165) is 0 Å². The lowest BCUT2D eigenvalue weighted by molar-refractivity contribution is -0.127. The molecule has 1 aromatic heterocycles. The SMILES string of the molecule is CC[C@H](N)C(=O)NC(C(=O)Nc1ccn[nH]1)c1ccccc1.Cl.Cl. The Kier molecular flexibility index (Phi) is 9.71. The normalized spacial score (nSPS) is 12.1. The Bertz CT molecular complexity index is 622. The zero-order valence-electron chi connectivity index (χ0n) is 13.1. The highest BCUT2D eigenvalue weighted by atomic mass is 35.5. The lowest BCUT2D eigenvalue weighted by atomic mass is 10.1. The van der Waals surface area contributed by atoms with E-state index < -0.39 is 12.1 Å². The van der Waals surface area contributed by atoms with Gasteiger partial charge in [-0.1, -0.05) is 37.3 Å². The van der Waals surface area contributed by atoms with Gasteiger partial charge in [-0.05, 0) is 12.0 Å². The zero-order chi connectivity index (χ0) is 15.9. The number of carbonyl (C=O) groups is 2. The molecule has 0 aliphatic heterocycles. The lowest BCUT2D eigenvalue weighted by Gasteiger charge is -2.20. The van der Waals surface area contributed by atoms with Crippen LogP contribution < -0.4 is 16.4 Å². The first kappa shape index (κ1) is 21.9. The number of aromatic nitrogens is 2. The number of anilines is 1. The van der Waals surface area contributed by atoms with Crippen molar-refractivity contribution in [2.24, 2.45) is 5.73 Å². The summed E-state index contributed by atoms with van der Waals surface area (Å²) in [4.78, 5) is 24.5. The van der Waals surface area contributed by atoms with E-state index in [0.29, 0.717) is 17.8 Å². The molecule has 24 heavy (non-hydrogen) atoms. The van der Waals surface area contributed by atoms with E-state index in [1.165, 1.54) is 6.20 Å². The smallest absolute Gasteiger partial charge is 0.252 e. The van der Waals surface area contributed by atoms with Crippen LogP contribution in [-0.4, -0.2) is 28.1 Å². The molecule has 0 radical (unpaired) electrons. The number of rotatable bonds is 6. The summed E-state index contributed by atoms with van der Waals surface area (Å²) in [5.74, 6) is -0.275. The highest BCUT2D eigenvalue weighted by Gasteiger charge is 2.25. The van der Waals surface area contributed by atoms with Crippen LogP contribution in [0, 0.1) is 0 Å². The molecule has 132 valence electrons. The molecule has 5 N–H and O–H groups in total. The van der Waals surface area contributed by atoms with Gasteiger partial charge in [0.15, 0.2) is 0 Å². The Morgan fingerprint density at radius 3 is 2.38 bits per heavy atom. The summed E-state index contributed by atoms with van der Waals surface area (Å²) in [6.07, 6.45) is 2.02. The minimum absolute atomic E-state index is 0. The minimum atomic E-state index is -0.824. The molecule has 1 aromatic carbocycles. The molecule has 7 nitrogen and oxygen atoms in total. The van der Waals surface area contributed by atoms with Crippen molar-refractivity contribution in [1.29, 1.82) is 0 Å². The molecule has 2 amide bonds. The molecule has 0 bridgehead atoms. The molecule has 0 spiro atoms. The van der Waals surface area contributed by atoms with Crippen molar-refractivity contribution < 1.29 is 9.59 Å². The Hall–Kier alpha value is -2.09. The summed E-state index contributed by atoms with van der Waals surface area (Å²) in [6, 6.07) is 9.15. The number of hydrogen-bond donors (Lipinski definition) is 4. The van der Waals surface area contributed by atoms with Crippen molar-refractivity contribution in [3.8, 4) is 0 Å². The number of H-pyrrole nitrogens is 1. The molecule has 0 saturated carbocycles. The number of nitrogens with zero attached hydrogens (tertiary/aromatic N) is 1. The number of amides is 2. The van der Waals surface area contributed by atoms with Crippen LogP contribution in [-0.2, 0) is 9.59 Å². The number of halogens is 2. The summed E-state index contributed by atoms with van der Waals surface area (Å²) in [5.41, 5.74) is 6.40. The topological polar surface area (TPSA) is 113 Å². The van der Waals surface area contributed by atoms with E-state index in [4.69, 9.17) is 5.73 Å². The number of carbonyl (C=O) groups excluding carboxylic acids is 2. The van der Waals surface area contributed by atoms with E-state index in [1.807, 2.05) is 13.0 Å². The Morgan fingerprint density at radius 2 is 1.83 bits per heavy atom. The Balaban J connectivity index is 0.00000264. The van der Waals surface area contributed by atoms with Crippen molar-refractivity contribution >= 4 is 42.4 Å². The second-order valence-corrected chi connectivity index (χ2v) is 4.83. The van der Waals surface area contributed by atoms with Crippen molar-refractivity contribution in [2.45, 2.75) is 25.4 Å². The number of aromatic amines is 1. The molecule has 2 aromatic rings. The van der Waals surface area contributed by atoms with Crippen molar-refractivity contribution in [3.63, 3.8) is 0 Å². The predicted molar refractivity (Wildman–Crippen MR) is 97.3 cm³/mol. The van der Waals surface area contributed by atoms with Gasteiger partial charge in [-0.2, -0.15) is 5.10 Å². The third-order valence-corrected chi connectivity index (χ3v) is 3.22. The maximum absolute atomic E-state index is 12.4. The van der Waals surface area contributed by atoms with Gasteiger partial charge >= 0.3 is 0 Å². The Labute approximate surface area is 152 Å². The summed E-state index contributed by atoms with van der Waals surface area (Å²) in [7, 11) is 0. The van der Waals surface area contributed by atoms with E-state index in [-0.39, 0.29) is 36.6 Å². The molecule has 2 atom stereocenters. The average Bonchev–Trinajstić information content (AvgIpc) is 3.05. The van der Waals surface area contributed by atoms with Crippen LogP contribution in [0.3, 0.4) is 0 Å². The number of nitrogens with one attached hydrogen (secondary N) is 3. The van der Waals surface area contributed by atoms with Crippen LogP contribution in [0.4, 0.5) is 5.82 Å². The van der Waals surface area contributed by atoms with Gasteiger partial charge in [-0.15, -0.1) is 24.8 Å². The van der Waals surface area contributed by atoms with Gasteiger partial charge in [0.25, 0.3) is 5.91 Å². The van der Waals surface area contributed by atoms with E-state index in [9.17, 15) is 9.59 Å². The zero-order valence-corrected chi connectivity index (χ0v) is 14.7. The van der Waals surface area contributed by atoms with Crippen LogP contribution in [0.15, 0.2) is 42.6 Å². The van der Waals surface area contributed by atoms with Gasteiger partial charge in [0.05, 0.1) is 12.2 Å². The number of hydrogen-bond acceptors (Lipinski definition) is 4. The third kappa shape index (κ3) is 5.84. The molecule has 0 saturated heterocycles. The molecule has 0 aliphatic carbocycles. The summed E-state index contributed by atoms with van der Waals surface area (Å²) in [5, 5.41) is 11.8. The quantitative estimate of drug-likeness (QED) is 0.617. The monoisotopic (exact) mass is 373 g/mol. The highest BCUT2D eigenvalue weighted by Crippen LogP contribution is 2.15. The minimum Gasteiger partial charge on any atom is -0.339 e. The number of nitrogens with two attached hydrogens (primary N) is 1. The van der Waals surface area contributed by atoms with Crippen molar-refractivity contribution in [3.05, 3.63) is 48.2 Å². The second-order valence-electron chi connectivity index (χ2n) is 4.83. The molecular formula is C15H21Cl2N5O2. The fraction of sp³-hybridized carbons (Fsp3) is 0.267. The van der Waals surface area contributed by atoms with E-state index in [2.05, 4.69) is 20.8 Å².